The van der Waals surface area contributed by atoms with E-state index < -0.39 is 6.10 Å². The molecule has 0 saturated heterocycles. The average molecular weight is 312 g/mol. The zero-order valence-corrected chi connectivity index (χ0v) is 14.0. The normalized spacial score (nSPS) is 13.5. The Kier molecular flexibility index (Phi) is 8.21. The Labute approximate surface area is 133 Å². The Morgan fingerprint density at radius 3 is 2.76 bits per heavy atom. The first kappa shape index (κ1) is 17.8. The number of benzene rings is 1. The van der Waals surface area contributed by atoms with Gasteiger partial charge < -0.3 is 10.1 Å². The highest BCUT2D eigenvalue weighted by Crippen LogP contribution is 2.18. The third-order valence-electron chi connectivity index (χ3n) is 3.59. The van der Waals surface area contributed by atoms with Crippen LogP contribution in [0.4, 0.5) is 0 Å². The number of ether oxygens (including phenoxy) is 1. The van der Waals surface area contributed by atoms with E-state index in [0.717, 1.165) is 19.4 Å². The molecule has 1 amide bonds. The summed E-state index contributed by atoms with van der Waals surface area (Å²) in [5.41, 5.74) is 0. The van der Waals surface area contributed by atoms with Crippen LogP contribution in [-0.2, 0) is 4.79 Å². The lowest BCUT2D eigenvalue weighted by Crippen LogP contribution is -2.38. The van der Waals surface area contributed by atoms with E-state index in [1.807, 2.05) is 0 Å². The first-order valence-electron chi connectivity index (χ1n) is 7.76. The van der Waals surface area contributed by atoms with Gasteiger partial charge >= 0.3 is 0 Å². The monoisotopic (exact) mass is 311 g/mol. The van der Waals surface area contributed by atoms with Gasteiger partial charge in [-0.2, -0.15) is 0 Å². The summed E-state index contributed by atoms with van der Waals surface area (Å²) in [4.78, 5) is 12.1. The summed E-state index contributed by atoms with van der Waals surface area (Å²) >= 11 is 5.90. The number of hydrogen-bond donors (Lipinski definition) is 1. The predicted molar refractivity (Wildman–Crippen MR) is 87.9 cm³/mol. The Hall–Kier alpha value is -1.22. The van der Waals surface area contributed by atoms with Crippen molar-refractivity contribution in [3.63, 3.8) is 0 Å². The summed E-state index contributed by atoms with van der Waals surface area (Å²) in [5.74, 6) is 1.08. The van der Waals surface area contributed by atoms with Crippen molar-refractivity contribution in [3.8, 4) is 5.75 Å². The molecule has 0 aromatic heterocycles. The lowest BCUT2D eigenvalue weighted by Gasteiger charge is -2.18. The molecule has 0 saturated carbocycles. The minimum atomic E-state index is -0.521. The number of amides is 1. The summed E-state index contributed by atoms with van der Waals surface area (Å²) in [5, 5.41) is 3.58. The van der Waals surface area contributed by atoms with E-state index in [1.54, 1.807) is 31.2 Å². The van der Waals surface area contributed by atoms with Gasteiger partial charge in [-0.1, -0.05) is 50.8 Å². The van der Waals surface area contributed by atoms with Crippen molar-refractivity contribution in [1.82, 2.24) is 5.32 Å². The van der Waals surface area contributed by atoms with E-state index in [0.29, 0.717) is 16.7 Å². The van der Waals surface area contributed by atoms with Crippen LogP contribution < -0.4 is 10.1 Å². The molecular weight excluding hydrogens is 286 g/mol. The largest absolute Gasteiger partial charge is 0.481 e. The summed E-state index contributed by atoms with van der Waals surface area (Å²) in [6, 6.07) is 7.09. The van der Waals surface area contributed by atoms with Crippen molar-refractivity contribution < 1.29 is 9.53 Å². The molecule has 0 spiro atoms. The summed E-state index contributed by atoms with van der Waals surface area (Å²) in [6.07, 6.45) is 4.13. The number of carbonyl (C=O) groups excluding carboxylic acids is 1. The second-order valence-electron chi connectivity index (χ2n) is 5.38. The van der Waals surface area contributed by atoms with Gasteiger partial charge in [-0.15, -0.1) is 0 Å². The van der Waals surface area contributed by atoms with Gasteiger partial charge in [-0.3, -0.25) is 4.79 Å². The molecule has 0 aliphatic heterocycles. The molecule has 4 heteroatoms. The number of rotatable bonds is 9. The molecule has 0 unspecified atom stereocenters. The van der Waals surface area contributed by atoms with Gasteiger partial charge in [0, 0.05) is 11.6 Å². The molecule has 0 heterocycles. The summed E-state index contributed by atoms with van der Waals surface area (Å²) in [6.45, 7) is 6.83. The van der Waals surface area contributed by atoms with Crippen LogP contribution in [0.1, 0.15) is 46.5 Å². The van der Waals surface area contributed by atoms with Crippen LogP contribution in [0.3, 0.4) is 0 Å². The minimum Gasteiger partial charge on any atom is -0.481 e. The number of unbranched alkanes of at least 4 members (excludes halogenated alkanes) is 1. The SMILES string of the molecule is CCCC[C@H](CC)CNC(=O)[C@@H](C)Oc1cccc(Cl)c1. The van der Waals surface area contributed by atoms with Crippen LogP contribution in [0.25, 0.3) is 0 Å². The van der Waals surface area contributed by atoms with Gasteiger partial charge in [0.25, 0.3) is 5.91 Å². The molecule has 1 aromatic carbocycles. The van der Waals surface area contributed by atoms with E-state index in [4.69, 9.17) is 16.3 Å². The molecule has 0 fully saturated rings. The molecule has 3 nitrogen and oxygen atoms in total. The Balaban J connectivity index is 2.40. The first-order valence-corrected chi connectivity index (χ1v) is 8.14. The smallest absolute Gasteiger partial charge is 0.260 e. The third kappa shape index (κ3) is 6.85. The maximum absolute atomic E-state index is 12.1. The third-order valence-corrected chi connectivity index (χ3v) is 3.82. The van der Waals surface area contributed by atoms with E-state index in [-0.39, 0.29) is 5.91 Å². The molecule has 0 bridgehead atoms. The van der Waals surface area contributed by atoms with Crippen LogP contribution in [0, 0.1) is 5.92 Å². The highest BCUT2D eigenvalue weighted by atomic mass is 35.5. The van der Waals surface area contributed by atoms with Gasteiger partial charge in [0.1, 0.15) is 5.75 Å². The molecule has 0 aliphatic rings. The van der Waals surface area contributed by atoms with Crippen molar-refractivity contribution in [2.75, 3.05) is 6.54 Å². The van der Waals surface area contributed by atoms with Gasteiger partial charge in [0.2, 0.25) is 0 Å². The molecule has 1 rings (SSSR count). The van der Waals surface area contributed by atoms with E-state index in [2.05, 4.69) is 19.2 Å². The van der Waals surface area contributed by atoms with Crippen molar-refractivity contribution in [2.45, 2.75) is 52.6 Å². The Morgan fingerprint density at radius 2 is 2.14 bits per heavy atom. The topological polar surface area (TPSA) is 38.3 Å². The molecule has 118 valence electrons. The van der Waals surface area contributed by atoms with E-state index in [1.165, 1.54) is 12.8 Å². The van der Waals surface area contributed by atoms with Crippen LogP contribution in [0.2, 0.25) is 5.02 Å². The number of hydrogen-bond acceptors (Lipinski definition) is 2. The molecule has 21 heavy (non-hydrogen) atoms. The van der Waals surface area contributed by atoms with Crippen molar-refractivity contribution >= 4 is 17.5 Å². The van der Waals surface area contributed by atoms with Crippen LogP contribution in [0.5, 0.6) is 5.75 Å². The highest BCUT2D eigenvalue weighted by molar-refractivity contribution is 6.30. The summed E-state index contributed by atoms with van der Waals surface area (Å²) in [7, 11) is 0. The fourth-order valence-corrected chi connectivity index (χ4v) is 2.31. The van der Waals surface area contributed by atoms with Crippen molar-refractivity contribution in [3.05, 3.63) is 29.3 Å². The van der Waals surface area contributed by atoms with E-state index in [9.17, 15) is 4.79 Å². The van der Waals surface area contributed by atoms with E-state index >= 15 is 0 Å². The second kappa shape index (κ2) is 9.67. The molecule has 0 radical (unpaired) electrons. The number of carbonyl (C=O) groups is 1. The van der Waals surface area contributed by atoms with Gasteiger partial charge in [-0.05, 0) is 37.5 Å². The van der Waals surface area contributed by atoms with Crippen molar-refractivity contribution in [1.29, 1.82) is 0 Å². The zero-order chi connectivity index (χ0) is 15.7. The van der Waals surface area contributed by atoms with Crippen LogP contribution in [-0.4, -0.2) is 18.6 Å². The Morgan fingerprint density at radius 1 is 1.38 bits per heavy atom. The zero-order valence-electron chi connectivity index (χ0n) is 13.2. The summed E-state index contributed by atoms with van der Waals surface area (Å²) < 4.78 is 5.61. The van der Waals surface area contributed by atoms with Gasteiger partial charge in [0.05, 0.1) is 0 Å². The molecule has 2 atom stereocenters. The van der Waals surface area contributed by atoms with Gasteiger partial charge in [0.15, 0.2) is 6.10 Å². The number of halogens is 1. The maximum Gasteiger partial charge on any atom is 0.260 e. The maximum atomic E-state index is 12.1. The molecular formula is C17H26ClNO2. The first-order chi connectivity index (χ1) is 10.1. The quantitative estimate of drug-likeness (QED) is 0.732. The van der Waals surface area contributed by atoms with Crippen LogP contribution >= 0.6 is 11.6 Å². The Bertz CT molecular complexity index is 437. The van der Waals surface area contributed by atoms with Crippen molar-refractivity contribution in [2.24, 2.45) is 5.92 Å². The standard InChI is InChI=1S/C17H26ClNO2/c1-4-6-8-14(5-2)12-19-17(20)13(3)21-16-10-7-9-15(18)11-16/h7,9-11,13-14H,4-6,8,12H2,1-3H3,(H,19,20)/t13-,14+/m1/s1. The lowest BCUT2D eigenvalue weighted by atomic mass is 9.99. The molecule has 1 N–H and O–H groups in total. The fraction of sp³-hybridized carbons (Fsp3) is 0.588. The molecule has 0 aliphatic carbocycles. The predicted octanol–water partition coefficient (Wildman–Crippen LogP) is 4.44. The van der Waals surface area contributed by atoms with Gasteiger partial charge in [-0.25, -0.2) is 0 Å². The highest BCUT2D eigenvalue weighted by Gasteiger charge is 2.16. The second-order valence-corrected chi connectivity index (χ2v) is 5.82. The fourth-order valence-electron chi connectivity index (χ4n) is 2.13. The molecule has 1 aromatic rings. The lowest BCUT2D eigenvalue weighted by molar-refractivity contribution is -0.127. The minimum absolute atomic E-state index is 0.0788. The van der Waals surface area contributed by atoms with Crippen LogP contribution in [0.15, 0.2) is 24.3 Å². The average Bonchev–Trinajstić information content (AvgIpc) is 2.47. The number of nitrogens with one attached hydrogen (secondary N) is 1.